The largest absolute Gasteiger partial charge is 0.469 e. The molecular weight excluding hydrogens is 382 g/mol. The van der Waals surface area contributed by atoms with Crippen LogP contribution >= 0.6 is 15.6 Å². The maximum Gasteiger partial charge on any atom is 0.469 e. The van der Waals surface area contributed by atoms with Crippen molar-refractivity contribution < 1.29 is 37.8 Å². The number of phosphoric acid groups is 2. The minimum atomic E-state index is -4.30. The molecule has 10 heteroatoms. The zero-order valence-corrected chi connectivity index (χ0v) is 17.4. The second-order valence-electron chi connectivity index (χ2n) is 6.60. The smallest absolute Gasteiger partial charge is 0.303 e. The van der Waals surface area contributed by atoms with Gasteiger partial charge in [-0.3, -0.25) is 9.05 Å². The average molecular weight is 418 g/mol. The SMILES string of the molecule is O=P(O)(O)OCCCCCCCCCCCCCCCCOP(=O)(O)O. The molecule has 0 aliphatic rings. The molecule has 4 N–H and O–H groups in total. The first kappa shape index (κ1) is 26.2. The van der Waals surface area contributed by atoms with Crippen molar-refractivity contribution in [3.8, 4) is 0 Å². The van der Waals surface area contributed by atoms with Crippen molar-refractivity contribution in [2.45, 2.75) is 89.9 Å². The van der Waals surface area contributed by atoms with E-state index in [1.54, 1.807) is 0 Å². The van der Waals surface area contributed by atoms with Gasteiger partial charge in [0.1, 0.15) is 0 Å². The maximum atomic E-state index is 10.5. The third-order valence-corrected chi connectivity index (χ3v) is 5.10. The Morgan fingerprint density at radius 2 is 0.615 bits per heavy atom. The number of unbranched alkanes of at least 4 members (excludes halogenated alkanes) is 13. The van der Waals surface area contributed by atoms with E-state index >= 15 is 0 Å². The van der Waals surface area contributed by atoms with Gasteiger partial charge < -0.3 is 19.6 Å². The molecule has 0 aromatic heterocycles. The first-order valence-electron chi connectivity index (χ1n) is 9.61. The lowest BCUT2D eigenvalue weighted by Crippen LogP contribution is -1.92. The molecule has 0 rings (SSSR count). The Kier molecular flexibility index (Phi) is 16.3. The lowest BCUT2D eigenvalue weighted by molar-refractivity contribution is 0.191. The van der Waals surface area contributed by atoms with Crippen molar-refractivity contribution in [2.75, 3.05) is 13.2 Å². The van der Waals surface area contributed by atoms with E-state index in [1.165, 1.54) is 38.5 Å². The van der Waals surface area contributed by atoms with Crippen molar-refractivity contribution in [2.24, 2.45) is 0 Å². The summed E-state index contributed by atoms with van der Waals surface area (Å²) in [6.45, 7) is 0.252. The molecule has 0 saturated heterocycles. The summed E-state index contributed by atoms with van der Waals surface area (Å²) < 4.78 is 29.7. The van der Waals surface area contributed by atoms with Crippen LogP contribution in [0.5, 0.6) is 0 Å². The van der Waals surface area contributed by atoms with Crippen LogP contribution in [0.1, 0.15) is 89.9 Å². The molecular formula is C16H36O8P2. The van der Waals surface area contributed by atoms with Gasteiger partial charge >= 0.3 is 15.6 Å². The Balaban J connectivity index is 3.09. The minimum Gasteiger partial charge on any atom is -0.303 e. The summed E-state index contributed by atoms with van der Waals surface area (Å²) in [4.78, 5) is 34.1. The van der Waals surface area contributed by atoms with Crippen molar-refractivity contribution in [3.05, 3.63) is 0 Å². The molecule has 0 radical (unpaired) electrons. The van der Waals surface area contributed by atoms with Crippen LogP contribution in [0.4, 0.5) is 0 Å². The van der Waals surface area contributed by atoms with Gasteiger partial charge in [-0.2, -0.15) is 0 Å². The topological polar surface area (TPSA) is 134 Å². The van der Waals surface area contributed by atoms with E-state index in [0.29, 0.717) is 12.8 Å². The summed E-state index contributed by atoms with van der Waals surface area (Å²) in [5, 5.41) is 0. The van der Waals surface area contributed by atoms with Crippen molar-refractivity contribution in [1.29, 1.82) is 0 Å². The predicted octanol–water partition coefficient (Wildman–Crippen LogP) is 4.67. The molecule has 0 heterocycles. The summed E-state index contributed by atoms with van der Waals surface area (Å²) >= 11 is 0. The van der Waals surface area contributed by atoms with Crippen LogP contribution in [0, 0.1) is 0 Å². The van der Waals surface area contributed by atoms with Gasteiger partial charge in [0.2, 0.25) is 0 Å². The molecule has 0 bridgehead atoms. The Labute approximate surface area is 157 Å². The van der Waals surface area contributed by atoms with Crippen LogP contribution < -0.4 is 0 Å². The quantitative estimate of drug-likeness (QED) is 0.176. The first-order valence-corrected chi connectivity index (χ1v) is 12.7. The van der Waals surface area contributed by atoms with E-state index in [4.69, 9.17) is 19.6 Å². The fraction of sp³-hybridized carbons (Fsp3) is 1.00. The molecule has 0 aliphatic carbocycles. The molecule has 0 atom stereocenters. The molecule has 8 nitrogen and oxygen atoms in total. The van der Waals surface area contributed by atoms with Gasteiger partial charge in [0, 0.05) is 0 Å². The van der Waals surface area contributed by atoms with Gasteiger partial charge in [-0.25, -0.2) is 9.13 Å². The molecule has 0 unspecified atom stereocenters. The van der Waals surface area contributed by atoms with Gasteiger partial charge in [-0.1, -0.05) is 77.0 Å². The minimum absolute atomic E-state index is 0.126. The summed E-state index contributed by atoms with van der Waals surface area (Å²) in [5.74, 6) is 0. The monoisotopic (exact) mass is 418 g/mol. The number of phosphoric ester groups is 2. The summed E-state index contributed by atoms with van der Waals surface area (Å²) in [7, 11) is -8.59. The summed E-state index contributed by atoms with van der Waals surface area (Å²) in [5.41, 5.74) is 0. The molecule has 0 spiro atoms. The van der Waals surface area contributed by atoms with Crippen molar-refractivity contribution in [3.63, 3.8) is 0 Å². The van der Waals surface area contributed by atoms with Gasteiger partial charge in [0.15, 0.2) is 0 Å². The van der Waals surface area contributed by atoms with Gasteiger partial charge in [-0.05, 0) is 12.8 Å². The highest BCUT2D eigenvalue weighted by atomic mass is 31.2. The van der Waals surface area contributed by atoms with Crippen LogP contribution in [0.3, 0.4) is 0 Å². The molecule has 26 heavy (non-hydrogen) atoms. The van der Waals surface area contributed by atoms with Crippen LogP contribution in [-0.4, -0.2) is 32.8 Å². The molecule has 0 aliphatic heterocycles. The fourth-order valence-corrected chi connectivity index (χ4v) is 3.43. The average Bonchev–Trinajstić information content (AvgIpc) is 2.51. The highest BCUT2D eigenvalue weighted by molar-refractivity contribution is 7.46. The number of hydrogen-bond acceptors (Lipinski definition) is 4. The van der Waals surface area contributed by atoms with E-state index in [-0.39, 0.29) is 13.2 Å². The lowest BCUT2D eigenvalue weighted by atomic mass is 10.0. The number of hydrogen-bond donors (Lipinski definition) is 4. The van der Waals surface area contributed by atoms with Crippen molar-refractivity contribution >= 4 is 15.6 Å². The van der Waals surface area contributed by atoms with Crippen LogP contribution in [0.15, 0.2) is 0 Å². The molecule has 0 aromatic rings. The molecule has 0 saturated carbocycles. The second kappa shape index (κ2) is 16.2. The molecule has 0 amide bonds. The zero-order chi connectivity index (χ0) is 19.7. The van der Waals surface area contributed by atoms with Crippen LogP contribution in [0.2, 0.25) is 0 Å². The summed E-state index contributed by atoms with van der Waals surface area (Å²) in [6, 6.07) is 0. The highest BCUT2D eigenvalue weighted by Gasteiger charge is 2.12. The van der Waals surface area contributed by atoms with E-state index in [9.17, 15) is 9.13 Å². The summed E-state index contributed by atoms with van der Waals surface area (Å²) in [6.07, 6.45) is 15.1. The second-order valence-corrected chi connectivity index (χ2v) is 9.08. The molecule has 0 aromatic carbocycles. The van der Waals surface area contributed by atoms with E-state index in [1.807, 2.05) is 0 Å². The van der Waals surface area contributed by atoms with E-state index < -0.39 is 15.6 Å². The van der Waals surface area contributed by atoms with E-state index in [0.717, 1.165) is 38.5 Å². The third-order valence-electron chi connectivity index (χ3n) is 4.06. The Morgan fingerprint density at radius 3 is 0.808 bits per heavy atom. The van der Waals surface area contributed by atoms with Crippen LogP contribution in [0.25, 0.3) is 0 Å². The number of rotatable bonds is 19. The predicted molar refractivity (Wildman–Crippen MR) is 101 cm³/mol. The van der Waals surface area contributed by atoms with Gasteiger partial charge in [0.05, 0.1) is 13.2 Å². The zero-order valence-electron chi connectivity index (χ0n) is 15.6. The molecule has 158 valence electrons. The van der Waals surface area contributed by atoms with Crippen LogP contribution in [-0.2, 0) is 18.2 Å². The third kappa shape index (κ3) is 24.2. The fourth-order valence-electron chi connectivity index (χ4n) is 2.69. The first-order chi connectivity index (χ1) is 12.2. The van der Waals surface area contributed by atoms with Gasteiger partial charge in [-0.15, -0.1) is 0 Å². The van der Waals surface area contributed by atoms with Gasteiger partial charge in [0.25, 0.3) is 0 Å². The lowest BCUT2D eigenvalue weighted by Gasteiger charge is -2.05. The maximum absolute atomic E-state index is 10.5. The Hall–Kier alpha value is 0.220. The van der Waals surface area contributed by atoms with Crippen molar-refractivity contribution in [1.82, 2.24) is 0 Å². The standard InChI is InChI=1S/C16H36O8P2/c17-25(18,19)23-15-13-11-9-7-5-3-1-2-4-6-8-10-12-14-16-24-26(20,21)22/h1-16H2,(H2,17,18,19)(H2,20,21,22). The Bertz CT molecular complexity index is 369. The van der Waals surface area contributed by atoms with E-state index in [2.05, 4.69) is 9.05 Å². The molecule has 0 fully saturated rings. The Morgan fingerprint density at radius 1 is 0.423 bits per heavy atom. The normalized spacial score (nSPS) is 12.6. The highest BCUT2D eigenvalue weighted by Crippen LogP contribution is 2.36.